The number of nitrogens with one attached hydrogen (secondary N) is 1. The number of nitrogens with zero attached hydrogens (tertiary/aromatic N) is 3. The van der Waals surface area contributed by atoms with E-state index in [1.807, 2.05) is 20.0 Å². The quantitative estimate of drug-likeness (QED) is 0.781. The zero-order valence-corrected chi connectivity index (χ0v) is 11.8. The number of aromatic nitrogens is 2. The molecule has 2 amide bonds. The molecule has 0 bridgehead atoms. The van der Waals surface area contributed by atoms with E-state index in [1.165, 1.54) is 4.90 Å². The monoisotopic (exact) mass is 280 g/mol. The van der Waals surface area contributed by atoms with Crippen molar-refractivity contribution in [1.82, 2.24) is 20.0 Å². The molecule has 1 aliphatic heterocycles. The lowest BCUT2D eigenvalue weighted by atomic mass is 10.1. The molecule has 0 aliphatic carbocycles. The Morgan fingerprint density at radius 3 is 2.70 bits per heavy atom. The Hall–Kier alpha value is -1.89. The summed E-state index contributed by atoms with van der Waals surface area (Å²) < 4.78 is 6.87. The van der Waals surface area contributed by atoms with Crippen LogP contribution >= 0.6 is 0 Å². The Kier molecular flexibility index (Phi) is 4.73. The van der Waals surface area contributed by atoms with Crippen molar-refractivity contribution in [1.29, 1.82) is 0 Å². The summed E-state index contributed by atoms with van der Waals surface area (Å²) in [6.07, 6.45) is 2.37. The maximum atomic E-state index is 12.0. The van der Waals surface area contributed by atoms with Crippen molar-refractivity contribution < 1.29 is 14.3 Å². The fraction of sp³-hybridized carbons (Fsp3) is 0.615. The van der Waals surface area contributed by atoms with E-state index in [4.69, 9.17) is 4.74 Å². The minimum absolute atomic E-state index is 0.208. The van der Waals surface area contributed by atoms with Crippen molar-refractivity contribution in [2.45, 2.75) is 19.4 Å². The molecule has 7 heteroatoms. The second-order valence-electron chi connectivity index (χ2n) is 4.72. The average Bonchev–Trinajstić information content (AvgIpc) is 2.90. The number of hydrogen-bond donors (Lipinski definition) is 1. The van der Waals surface area contributed by atoms with Gasteiger partial charge in [0.1, 0.15) is 0 Å². The van der Waals surface area contributed by atoms with Gasteiger partial charge in [0.15, 0.2) is 0 Å². The summed E-state index contributed by atoms with van der Waals surface area (Å²) >= 11 is 0. The highest BCUT2D eigenvalue weighted by Gasteiger charge is 2.26. The van der Waals surface area contributed by atoms with Crippen LogP contribution in [0, 0.1) is 0 Å². The van der Waals surface area contributed by atoms with Crippen LogP contribution in [0.4, 0.5) is 0 Å². The summed E-state index contributed by atoms with van der Waals surface area (Å²) in [5.41, 5.74) is 0.885. The normalized spacial score (nSPS) is 16.8. The van der Waals surface area contributed by atoms with Gasteiger partial charge in [0, 0.05) is 26.3 Å². The largest absolute Gasteiger partial charge is 0.378 e. The first-order chi connectivity index (χ1) is 9.63. The summed E-state index contributed by atoms with van der Waals surface area (Å²) in [7, 11) is 1.81. The van der Waals surface area contributed by atoms with E-state index in [0.717, 1.165) is 5.69 Å². The van der Waals surface area contributed by atoms with Gasteiger partial charge in [0.05, 0.1) is 24.9 Å². The van der Waals surface area contributed by atoms with Gasteiger partial charge in [0.25, 0.3) is 0 Å². The molecule has 20 heavy (non-hydrogen) atoms. The van der Waals surface area contributed by atoms with Crippen molar-refractivity contribution in [3.8, 4) is 0 Å². The van der Waals surface area contributed by atoms with E-state index in [2.05, 4.69) is 10.4 Å². The second-order valence-corrected chi connectivity index (χ2v) is 4.72. The van der Waals surface area contributed by atoms with Crippen LogP contribution in [0.3, 0.4) is 0 Å². The first-order valence-corrected chi connectivity index (χ1v) is 6.79. The number of amides is 2. The van der Waals surface area contributed by atoms with Crippen molar-refractivity contribution in [2.75, 3.05) is 26.3 Å². The number of morpholine rings is 1. The number of aryl methyl sites for hydroxylation is 1. The Bertz CT molecular complexity index is 480. The summed E-state index contributed by atoms with van der Waals surface area (Å²) in [5, 5.41) is 6.86. The average molecular weight is 280 g/mol. The fourth-order valence-electron chi connectivity index (χ4n) is 2.24. The second kappa shape index (κ2) is 6.51. The lowest BCUT2D eigenvalue weighted by Crippen LogP contribution is -2.48. The Labute approximate surface area is 117 Å². The molecule has 1 N–H and O–H groups in total. The van der Waals surface area contributed by atoms with Gasteiger partial charge in [-0.25, -0.2) is 0 Å². The Balaban J connectivity index is 1.98. The molecular weight excluding hydrogens is 260 g/mol. The van der Waals surface area contributed by atoms with Crippen molar-refractivity contribution >= 4 is 11.8 Å². The molecule has 1 aliphatic rings. The molecule has 0 radical (unpaired) electrons. The van der Waals surface area contributed by atoms with Gasteiger partial charge in [-0.3, -0.25) is 14.3 Å². The van der Waals surface area contributed by atoms with Crippen molar-refractivity contribution in [2.24, 2.45) is 7.05 Å². The van der Waals surface area contributed by atoms with Gasteiger partial charge in [-0.05, 0) is 12.5 Å². The van der Waals surface area contributed by atoms with Crippen LogP contribution in [-0.2, 0) is 21.4 Å². The van der Waals surface area contributed by atoms with Crippen LogP contribution in [0.2, 0.25) is 0 Å². The summed E-state index contributed by atoms with van der Waals surface area (Å²) in [6.45, 7) is 3.86. The molecule has 0 spiro atoms. The highest BCUT2D eigenvalue weighted by molar-refractivity contribution is 6.35. The smallest absolute Gasteiger partial charge is 0.312 e. The summed E-state index contributed by atoms with van der Waals surface area (Å²) in [5.74, 6) is -1.06. The van der Waals surface area contributed by atoms with Crippen LogP contribution in [0.1, 0.15) is 25.1 Å². The van der Waals surface area contributed by atoms with Crippen LogP contribution in [0.15, 0.2) is 12.3 Å². The van der Waals surface area contributed by atoms with Crippen molar-refractivity contribution in [3.05, 3.63) is 18.0 Å². The van der Waals surface area contributed by atoms with Gasteiger partial charge >= 0.3 is 11.8 Å². The standard InChI is InChI=1S/C13H20N4O3/c1-3-10(11-4-5-14-16(11)2)15-12(18)13(19)17-6-8-20-9-7-17/h4-5,10H,3,6-9H2,1-2H3,(H,15,18). The van der Waals surface area contributed by atoms with Crippen LogP contribution in [-0.4, -0.2) is 52.8 Å². The molecule has 1 aromatic rings. The first kappa shape index (κ1) is 14.5. The topological polar surface area (TPSA) is 76.5 Å². The lowest BCUT2D eigenvalue weighted by molar-refractivity contribution is -0.148. The fourth-order valence-corrected chi connectivity index (χ4v) is 2.24. The van der Waals surface area contributed by atoms with E-state index in [1.54, 1.807) is 10.9 Å². The van der Waals surface area contributed by atoms with E-state index < -0.39 is 11.8 Å². The van der Waals surface area contributed by atoms with E-state index in [9.17, 15) is 9.59 Å². The lowest BCUT2D eigenvalue weighted by Gasteiger charge is -2.27. The van der Waals surface area contributed by atoms with Crippen molar-refractivity contribution in [3.63, 3.8) is 0 Å². The molecule has 1 fully saturated rings. The highest BCUT2D eigenvalue weighted by Crippen LogP contribution is 2.15. The number of hydrogen-bond acceptors (Lipinski definition) is 4. The zero-order valence-electron chi connectivity index (χ0n) is 11.8. The molecule has 0 aromatic carbocycles. The third-order valence-corrected chi connectivity index (χ3v) is 3.42. The predicted octanol–water partition coefficient (Wildman–Crippen LogP) is -0.154. The summed E-state index contributed by atoms with van der Waals surface area (Å²) in [6, 6.07) is 1.63. The predicted molar refractivity (Wildman–Crippen MR) is 71.8 cm³/mol. The van der Waals surface area contributed by atoms with Gasteiger partial charge in [-0.2, -0.15) is 5.10 Å². The number of rotatable bonds is 3. The number of carbonyl (C=O) groups is 2. The minimum atomic E-state index is -0.569. The third-order valence-electron chi connectivity index (χ3n) is 3.42. The SMILES string of the molecule is CCC(NC(=O)C(=O)N1CCOCC1)c1ccnn1C. The Morgan fingerprint density at radius 1 is 1.45 bits per heavy atom. The van der Waals surface area contributed by atoms with Gasteiger partial charge in [-0.1, -0.05) is 6.92 Å². The first-order valence-electron chi connectivity index (χ1n) is 6.79. The Morgan fingerprint density at radius 2 is 2.15 bits per heavy atom. The maximum absolute atomic E-state index is 12.0. The molecule has 1 saturated heterocycles. The van der Waals surface area contributed by atoms with Gasteiger partial charge in [-0.15, -0.1) is 0 Å². The van der Waals surface area contributed by atoms with E-state index in [-0.39, 0.29) is 6.04 Å². The molecule has 110 valence electrons. The van der Waals surface area contributed by atoms with Crippen LogP contribution in [0.25, 0.3) is 0 Å². The zero-order chi connectivity index (χ0) is 14.5. The molecule has 7 nitrogen and oxygen atoms in total. The number of ether oxygens (including phenoxy) is 1. The number of carbonyl (C=O) groups excluding carboxylic acids is 2. The highest BCUT2D eigenvalue weighted by atomic mass is 16.5. The minimum Gasteiger partial charge on any atom is -0.378 e. The van der Waals surface area contributed by atoms with E-state index in [0.29, 0.717) is 32.7 Å². The molecule has 1 unspecified atom stereocenters. The molecule has 1 atom stereocenters. The van der Waals surface area contributed by atoms with E-state index >= 15 is 0 Å². The van der Waals surface area contributed by atoms with Gasteiger partial charge in [0.2, 0.25) is 0 Å². The molecule has 2 rings (SSSR count). The van der Waals surface area contributed by atoms with Gasteiger partial charge < -0.3 is 15.0 Å². The summed E-state index contributed by atoms with van der Waals surface area (Å²) in [4.78, 5) is 25.6. The third kappa shape index (κ3) is 3.16. The van der Waals surface area contributed by atoms with Crippen LogP contribution in [0.5, 0.6) is 0 Å². The van der Waals surface area contributed by atoms with Crippen LogP contribution < -0.4 is 5.32 Å². The maximum Gasteiger partial charge on any atom is 0.312 e. The molecular formula is C13H20N4O3. The molecule has 2 heterocycles. The molecule has 0 saturated carbocycles. The molecule has 1 aromatic heterocycles.